The van der Waals surface area contributed by atoms with Crippen molar-refractivity contribution in [3.63, 3.8) is 0 Å². The first-order valence-electron chi connectivity index (χ1n) is 11.2. The van der Waals surface area contributed by atoms with Gasteiger partial charge in [0.2, 0.25) is 11.8 Å². The second kappa shape index (κ2) is 10.2. The van der Waals surface area contributed by atoms with Gasteiger partial charge in [0.05, 0.1) is 6.42 Å². The molecule has 4 rings (SSSR count). The summed E-state index contributed by atoms with van der Waals surface area (Å²) in [5.41, 5.74) is 1.76. The third kappa shape index (κ3) is 5.83. The molecule has 2 aliphatic rings. The summed E-state index contributed by atoms with van der Waals surface area (Å²) in [5, 5.41) is 7.40. The molecule has 32 heavy (non-hydrogen) atoms. The Morgan fingerprint density at radius 2 is 1.69 bits per heavy atom. The van der Waals surface area contributed by atoms with Gasteiger partial charge >= 0.3 is 0 Å². The molecular weight excluding hydrogens is 445 g/mol. The van der Waals surface area contributed by atoms with E-state index in [9.17, 15) is 9.59 Å². The fourth-order valence-corrected chi connectivity index (χ4v) is 5.31. The van der Waals surface area contributed by atoms with Crippen molar-refractivity contribution in [3.05, 3.63) is 69.7 Å². The molecule has 0 radical (unpaired) electrons. The third-order valence-electron chi connectivity index (χ3n) is 6.70. The molecule has 2 N–H and O–H groups in total. The first-order valence-corrected chi connectivity index (χ1v) is 11.9. The third-order valence-corrected chi connectivity index (χ3v) is 7.19. The Hall–Kier alpha value is -2.08. The van der Waals surface area contributed by atoms with Gasteiger partial charge in [-0.3, -0.25) is 9.59 Å². The zero-order valence-corrected chi connectivity index (χ0v) is 19.7. The predicted molar refractivity (Wildman–Crippen MR) is 128 cm³/mol. The van der Waals surface area contributed by atoms with Gasteiger partial charge in [-0.1, -0.05) is 47.5 Å². The Morgan fingerprint density at radius 1 is 1.00 bits per heavy atom. The van der Waals surface area contributed by atoms with Crippen LogP contribution in [0.5, 0.6) is 0 Å². The van der Waals surface area contributed by atoms with Gasteiger partial charge < -0.3 is 15.5 Å². The van der Waals surface area contributed by atoms with E-state index in [1.807, 2.05) is 24.3 Å². The minimum absolute atomic E-state index is 0.131. The molecule has 2 aliphatic heterocycles. The summed E-state index contributed by atoms with van der Waals surface area (Å²) in [6, 6.07) is 15.2. The van der Waals surface area contributed by atoms with Crippen molar-refractivity contribution >= 4 is 35.0 Å². The summed E-state index contributed by atoms with van der Waals surface area (Å²) in [6.07, 6.45) is 4.88. The zero-order valence-electron chi connectivity index (χ0n) is 18.2. The van der Waals surface area contributed by atoms with Crippen molar-refractivity contribution in [2.75, 3.05) is 7.05 Å². The monoisotopic (exact) mass is 473 g/mol. The first-order chi connectivity index (χ1) is 15.4. The summed E-state index contributed by atoms with van der Waals surface area (Å²) in [5.74, 6) is -0.335. The highest BCUT2D eigenvalue weighted by Crippen LogP contribution is 2.34. The lowest BCUT2D eigenvalue weighted by atomic mass is 9.97. The number of rotatable bonds is 7. The van der Waals surface area contributed by atoms with Crippen LogP contribution in [0.1, 0.15) is 36.8 Å². The summed E-state index contributed by atoms with van der Waals surface area (Å²) < 4.78 is 0. The van der Waals surface area contributed by atoms with E-state index >= 15 is 0 Å². The first kappa shape index (κ1) is 23.1. The minimum atomic E-state index is -0.653. The number of halogens is 2. The van der Waals surface area contributed by atoms with Crippen LogP contribution in [0.2, 0.25) is 10.0 Å². The van der Waals surface area contributed by atoms with E-state index < -0.39 is 6.04 Å². The zero-order chi connectivity index (χ0) is 22.7. The molecule has 7 heteroatoms. The Labute approximate surface area is 199 Å². The highest BCUT2D eigenvalue weighted by Gasteiger charge is 2.39. The quantitative estimate of drug-likeness (QED) is 0.638. The van der Waals surface area contributed by atoms with Crippen molar-refractivity contribution in [1.29, 1.82) is 0 Å². The van der Waals surface area contributed by atoms with E-state index in [1.54, 1.807) is 24.3 Å². The normalized spacial score (nSPS) is 23.5. The molecule has 0 spiro atoms. The molecule has 2 saturated heterocycles. The fourth-order valence-electron chi connectivity index (χ4n) is 4.97. The molecule has 2 heterocycles. The number of amides is 2. The summed E-state index contributed by atoms with van der Waals surface area (Å²) in [7, 11) is 2.18. The van der Waals surface area contributed by atoms with Gasteiger partial charge in [0.1, 0.15) is 6.04 Å². The number of hydrogen-bond donors (Lipinski definition) is 2. The Morgan fingerprint density at radius 3 is 2.34 bits per heavy atom. The molecule has 2 aromatic carbocycles. The van der Waals surface area contributed by atoms with Crippen LogP contribution in [0.4, 0.5) is 0 Å². The lowest BCUT2D eigenvalue weighted by molar-refractivity contribution is -0.129. The second-order valence-electron chi connectivity index (χ2n) is 8.98. The van der Waals surface area contributed by atoms with Crippen molar-refractivity contribution in [2.24, 2.45) is 0 Å². The molecule has 2 bridgehead atoms. The van der Waals surface area contributed by atoms with E-state index in [-0.39, 0.29) is 24.3 Å². The van der Waals surface area contributed by atoms with Crippen LogP contribution in [0.15, 0.2) is 48.5 Å². The molecule has 2 amide bonds. The maximum atomic E-state index is 13.3. The SMILES string of the molecule is CN1[C@@H]2CC[C@H]1CC(NC(=O)C(Cc1ccc(Cl)cc1)NC(=O)Cc1cccc(Cl)c1)C2. The molecule has 2 fully saturated rings. The van der Waals surface area contributed by atoms with Crippen LogP contribution in [-0.2, 0) is 22.4 Å². The molecule has 0 aliphatic carbocycles. The van der Waals surface area contributed by atoms with Crippen LogP contribution in [0.25, 0.3) is 0 Å². The molecule has 5 nitrogen and oxygen atoms in total. The van der Waals surface area contributed by atoms with Gasteiger partial charge in [0, 0.05) is 34.6 Å². The fraction of sp³-hybridized carbons (Fsp3) is 0.440. The van der Waals surface area contributed by atoms with Gasteiger partial charge in [-0.25, -0.2) is 0 Å². The Bertz CT molecular complexity index is 952. The highest BCUT2D eigenvalue weighted by molar-refractivity contribution is 6.30. The van der Waals surface area contributed by atoms with Gasteiger partial charge in [-0.2, -0.15) is 0 Å². The van der Waals surface area contributed by atoms with Crippen molar-refractivity contribution < 1.29 is 9.59 Å². The van der Waals surface area contributed by atoms with Gasteiger partial charge in [-0.05, 0) is 68.1 Å². The van der Waals surface area contributed by atoms with Crippen LogP contribution < -0.4 is 10.6 Å². The van der Waals surface area contributed by atoms with Crippen LogP contribution in [0.3, 0.4) is 0 Å². The summed E-state index contributed by atoms with van der Waals surface area (Å²) in [4.78, 5) is 28.5. The maximum absolute atomic E-state index is 13.3. The number of hydrogen-bond acceptors (Lipinski definition) is 3. The standard InChI is InChI=1S/C25H29Cl2N3O2/c1-30-21-9-10-22(30)15-20(14-21)28-25(32)23(12-16-5-7-18(26)8-6-16)29-24(31)13-17-3-2-4-19(27)11-17/h2-8,11,20-23H,9-10,12-15H2,1H3,(H,28,32)(H,29,31)/t20?,21-,22+,23?. The van der Waals surface area contributed by atoms with E-state index in [0.717, 1.165) is 24.0 Å². The summed E-state index contributed by atoms with van der Waals surface area (Å²) >= 11 is 12.1. The molecule has 170 valence electrons. The van der Waals surface area contributed by atoms with Gasteiger partial charge in [-0.15, -0.1) is 0 Å². The Balaban J connectivity index is 1.43. The lowest BCUT2D eigenvalue weighted by Crippen LogP contribution is -2.54. The van der Waals surface area contributed by atoms with Crippen molar-refractivity contribution in [1.82, 2.24) is 15.5 Å². The van der Waals surface area contributed by atoms with Crippen molar-refractivity contribution in [2.45, 2.75) is 62.7 Å². The van der Waals surface area contributed by atoms with Crippen molar-refractivity contribution in [3.8, 4) is 0 Å². The molecule has 0 aromatic heterocycles. The average Bonchev–Trinajstić information content (AvgIpc) is 2.95. The Kier molecular flexibility index (Phi) is 7.39. The summed E-state index contributed by atoms with van der Waals surface area (Å²) in [6.45, 7) is 0. The number of benzene rings is 2. The maximum Gasteiger partial charge on any atom is 0.243 e. The van der Waals surface area contributed by atoms with Gasteiger partial charge in [0.25, 0.3) is 0 Å². The van der Waals surface area contributed by atoms with E-state index in [2.05, 4.69) is 22.6 Å². The molecule has 2 unspecified atom stereocenters. The highest BCUT2D eigenvalue weighted by atomic mass is 35.5. The lowest BCUT2D eigenvalue weighted by Gasteiger charge is -2.37. The molecule has 0 saturated carbocycles. The van der Waals surface area contributed by atoms with Gasteiger partial charge in [0.15, 0.2) is 0 Å². The molecule has 4 atom stereocenters. The second-order valence-corrected chi connectivity index (χ2v) is 9.86. The van der Waals surface area contributed by atoms with E-state index in [4.69, 9.17) is 23.2 Å². The number of nitrogens with one attached hydrogen (secondary N) is 2. The largest absolute Gasteiger partial charge is 0.351 e. The van der Waals surface area contributed by atoms with Crippen LogP contribution >= 0.6 is 23.2 Å². The predicted octanol–water partition coefficient (Wildman–Crippen LogP) is 4.00. The number of nitrogens with zero attached hydrogens (tertiary/aromatic N) is 1. The average molecular weight is 474 g/mol. The number of carbonyl (C=O) groups excluding carboxylic acids is 2. The molecule has 2 aromatic rings. The number of carbonyl (C=O) groups is 2. The topological polar surface area (TPSA) is 61.4 Å². The van der Waals surface area contributed by atoms with Crippen LogP contribution in [-0.4, -0.2) is 47.9 Å². The van der Waals surface area contributed by atoms with E-state index in [0.29, 0.717) is 28.5 Å². The molecular formula is C25H29Cl2N3O2. The number of fused-ring (bicyclic) bond motifs is 2. The van der Waals surface area contributed by atoms with E-state index in [1.165, 1.54) is 12.8 Å². The van der Waals surface area contributed by atoms with Crippen LogP contribution in [0, 0.1) is 0 Å². The smallest absolute Gasteiger partial charge is 0.243 e. The number of piperidine rings is 1. The minimum Gasteiger partial charge on any atom is -0.351 e.